The van der Waals surface area contributed by atoms with Gasteiger partial charge in [-0.25, -0.2) is 9.48 Å². The highest BCUT2D eigenvalue weighted by Gasteiger charge is 2.45. The van der Waals surface area contributed by atoms with E-state index < -0.39 is 29.7 Å². The summed E-state index contributed by atoms with van der Waals surface area (Å²) in [6.07, 6.45) is -4.51. The maximum atomic E-state index is 14.1. The van der Waals surface area contributed by atoms with Crippen molar-refractivity contribution < 1.29 is 27.9 Å². The summed E-state index contributed by atoms with van der Waals surface area (Å²) in [4.78, 5) is 27.3. The second kappa shape index (κ2) is 9.82. The molecule has 0 saturated heterocycles. The predicted octanol–water partition coefficient (Wildman–Crippen LogP) is 7.73. The zero-order chi connectivity index (χ0) is 29.1. The van der Waals surface area contributed by atoms with Crippen LogP contribution in [0.4, 0.5) is 18.9 Å². The lowest BCUT2D eigenvalue weighted by Gasteiger charge is -2.29. The van der Waals surface area contributed by atoms with Gasteiger partial charge >= 0.3 is 12.1 Å². The van der Waals surface area contributed by atoms with Crippen molar-refractivity contribution in [1.82, 2.24) is 9.78 Å². The number of carbonyl (C=O) groups is 2. The molecule has 206 valence electrons. The molecule has 1 atom stereocenters. The van der Waals surface area contributed by atoms with Crippen molar-refractivity contribution in [3.05, 3.63) is 110 Å². The molecule has 1 N–H and O–H groups in total. The minimum absolute atomic E-state index is 0.0627. The van der Waals surface area contributed by atoms with Gasteiger partial charge in [0.2, 0.25) is 0 Å². The van der Waals surface area contributed by atoms with Crippen LogP contribution in [0.25, 0.3) is 5.69 Å². The predicted molar refractivity (Wildman–Crippen MR) is 146 cm³/mol. The summed E-state index contributed by atoms with van der Waals surface area (Å²) in [7, 11) is 0. The fraction of sp³-hybridized carbons (Fsp3) is 0.233. The van der Waals surface area contributed by atoms with Gasteiger partial charge in [-0.15, -0.1) is 0 Å². The van der Waals surface area contributed by atoms with Crippen LogP contribution in [0.5, 0.6) is 0 Å². The van der Waals surface area contributed by atoms with E-state index >= 15 is 0 Å². The molecule has 4 aromatic rings. The summed E-state index contributed by atoms with van der Waals surface area (Å²) in [5.41, 5.74) is 3.61. The third-order valence-electron chi connectivity index (χ3n) is 7.13. The van der Waals surface area contributed by atoms with Crippen molar-refractivity contribution in [2.24, 2.45) is 0 Å². The van der Waals surface area contributed by atoms with Crippen molar-refractivity contribution in [2.75, 3.05) is 4.90 Å². The Morgan fingerprint density at radius 1 is 0.975 bits per heavy atom. The van der Waals surface area contributed by atoms with E-state index in [0.29, 0.717) is 33.2 Å². The maximum Gasteiger partial charge on any atom is 0.416 e. The number of amides is 1. The first kappa shape index (κ1) is 27.5. The first-order valence-electron chi connectivity index (χ1n) is 12.5. The van der Waals surface area contributed by atoms with Crippen LogP contribution in [0, 0.1) is 13.8 Å². The summed E-state index contributed by atoms with van der Waals surface area (Å²) in [6, 6.07) is 13.8. The van der Waals surface area contributed by atoms with Gasteiger partial charge in [0.25, 0.3) is 5.91 Å². The Balaban J connectivity index is 1.79. The van der Waals surface area contributed by atoms with E-state index in [9.17, 15) is 27.9 Å². The average molecular weight is 568 g/mol. The zero-order valence-electron chi connectivity index (χ0n) is 22.0. The molecule has 1 aliphatic heterocycles. The Morgan fingerprint density at radius 2 is 1.60 bits per heavy atom. The summed E-state index contributed by atoms with van der Waals surface area (Å²) in [5, 5.41) is 14.7. The number of carboxylic acid groups (broad SMARTS) is 1. The maximum absolute atomic E-state index is 14.1. The fourth-order valence-corrected chi connectivity index (χ4v) is 5.37. The number of rotatable bonds is 5. The second-order valence-electron chi connectivity index (χ2n) is 10.1. The molecule has 1 unspecified atom stereocenters. The molecule has 2 heterocycles. The molecule has 1 amide bonds. The molecular weight excluding hydrogens is 543 g/mol. The standard InChI is InChI=1S/C30H25ClF3N3O3/c1-15(2)26-24-25(35-37(26)23-13-19(29(39)40)7-5-17(23)4)28(38)36(22-14-21(31)12-6-16(22)3)27(24)18-8-10-20(11-9-18)30(32,33)34/h5-15,27H,1-4H3,(H,39,40). The molecule has 6 nitrogen and oxygen atoms in total. The van der Waals surface area contributed by atoms with Crippen molar-refractivity contribution in [3.8, 4) is 5.69 Å². The number of anilines is 1. The fourth-order valence-electron chi connectivity index (χ4n) is 5.20. The Morgan fingerprint density at radius 3 is 2.20 bits per heavy atom. The van der Waals surface area contributed by atoms with Gasteiger partial charge in [-0.2, -0.15) is 18.3 Å². The van der Waals surface area contributed by atoms with Gasteiger partial charge in [-0.1, -0.05) is 49.7 Å². The number of alkyl halides is 3. The molecule has 5 rings (SSSR count). The van der Waals surface area contributed by atoms with Crippen LogP contribution in [0.2, 0.25) is 5.02 Å². The van der Waals surface area contributed by atoms with Crippen LogP contribution in [0.3, 0.4) is 0 Å². The highest BCUT2D eigenvalue weighted by Crippen LogP contribution is 2.47. The molecular formula is C30H25ClF3N3O3. The van der Waals surface area contributed by atoms with Gasteiger partial charge in [-0.05, 0) is 72.9 Å². The van der Waals surface area contributed by atoms with E-state index in [2.05, 4.69) is 0 Å². The van der Waals surface area contributed by atoms with E-state index in [0.717, 1.165) is 23.3 Å². The first-order chi connectivity index (χ1) is 18.8. The van der Waals surface area contributed by atoms with E-state index in [1.54, 1.807) is 28.9 Å². The van der Waals surface area contributed by atoms with Crippen LogP contribution in [0.1, 0.15) is 80.2 Å². The van der Waals surface area contributed by atoms with Crippen LogP contribution in [-0.4, -0.2) is 26.8 Å². The molecule has 3 aromatic carbocycles. The topological polar surface area (TPSA) is 75.4 Å². The highest BCUT2D eigenvalue weighted by molar-refractivity contribution is 6.31. The van der Waals surface area contributed by atoms with Gasteiger partial charge in [0.05, 0.1) is 28.6 Å². The summed E-state index contributed by atoms with van der Waals surface area (Å²) in [5.74, 6) is -1.72. The number of fused-ring (bicyclic) bond motifs is 1. The molecule has 10 heteroatoms. The number of hydrogen-bond acceptors (Lipinski definition) is 3. The quantitative estimate of drug-likeness (QED) is 0.268. The van der Waals surface area contributed by atoms with E-state index in [4.69, 9.17) is 16.7 Å². The van der Waals surface area contributed by atoms with Crippen LogP contribution in [-0.2, 0) is 6.18 Å². The lowest BCUT2D eigenvalue weighted by atomic mass is 9.93. The van der Waals surface area contributed by atoms with Gasteiger partial charge in [0, 0.05) is 16.3 Å². The van der Waals surface area contributed by atoms with E-state index in [1.165, 1.54) is 29.2 Å². The van der Waals surface area contributed by atoms with Crippen LogP contribution >= 0.6 is 11.6 Å². The molecule has 0 aliphatic carbocycles. The average Bonchev–Trinajstić information content (AvgIpc) is 3.40. The van der Waals surface area contributed by atoms with Crippen molar-refractivity contribution >= 4 is 29.2 Å². The molecule has 1 aromatic heterocycles. The van der Waals surface area contributed by atoms with E-state index in [1.807, 2.05) is 27.7 Å². The molecule has 0 saturated carbocycles. The van der Waals surface area contributed by atoms with Crippen molar-refractivity contribution in [3.63, 3.8) is 0 Å². The third kappa shape index (κ3) is 4.54. The normalized spacial score (nSPS) is 15.2. The number of aryl methyl sites for hydroxylation is 2. The number of benzene rings is 3. The summed E-state index contributed by atoms with van der Waals surface area (Å²) >= 11 is 6.31. The summed E-state index contributed by atoms with van der Waals surface area (Å²) in [6.45, 7) is 7.48. The van der Waals surface area contributed by atoms with Gasteiger partial charge < -0.3 is 5.11 Å². The summed E-state index contributed by atoms with van der Waals surface area (Å²) < 4.78 is 41.8. The lowest BCUT2D eigenvalue weighted by Crippen LogP contribution is -2.31. The molecule has 0 radical (unpaired) electrons. The monoisotopic (exact) mass is 567 g/mol. The Labute approximate surface area is 233 Å². The van der Waals surface area contributed by atoms with E-state index in [-0.39, 0.29) is 17.2 Å². The smallest absolute Gasteiger partial charge is 0.416 e. The molecule has 0 fully saturated rings. The number of hydrogen-bond donors (Lipinski definition) is 1. The van der Waals surface area contributed by atoms with Gasteiger partial charge in [-0.3, -0.25) is 9.69 Å². The largest absolute Gasteiger partial charge is 0.478 e. The van der Waals surface area contributed by atoms with Crippen LogP contribution < -0.4 is 4.90 Å². The number of nitrogens with zero attached hydrogens (tertiary/aromatic N) is 3. The number of carboxylic acids is 1. The molecule has 0 bridgehead atoms. The Kier molecular flexibility index (Phi) is 6.74. The molecule has 1 aliphatic rings. The second-order valence-corrected chi connectivity index (χ2v) is 10.6. The zero-order valence-corrected chi connectivity index (χ0v) is 22.8. The molecule has 40 heavy (non-hydrogen) atoms. The number of carbonyl (C=O) groups excluding carboxylic acids is 1. The van der Waals surface area contributed by atoms with Gasteiger partial charge in [0.1, 0.15) is 0 Å². The number of aromatic nitrogens is 2. The SMILES string of the molecule is Cc1ccc(Cl)cc1N1C(=O)c2nn(-c3cc(C(=O)O)ccc3C)c(C(C)C)c2C1c1ccc(C(F)(F)F)cc1. The van der Waals surface area contributed by atoms with Crippen molar-refractivity contribution in [1.29, 1.82) is 0 Å². The van der Waals surface area contributed by atoms with Crippen LogP contribution in [0.15, 0.2) is 60.7 Å². The number of halogens is 4. The highest BCUT2D eigenvalue weighted by atomic mass is 35.5. The molecule has 0 spiro atoms. The Bertz CT molecular complexity index is 1660. The van der Waals surface area contributed by atoms with Gasteiger partial charge in [0.15, 0.2) is 5.69 Å². The lowest BCUT2D eigenvalue weighted by molar-refractivity contribution is -0.137. The number of aromatic carboxylic acids is 1. The first-order valence-corrected chi connectivity index (χ1v) is 12.9. The minimum atomic E-state index is -4.51. The van der Waals surface area contributed by atoms with Crippen molar-refractivity contribution in [2.45, 2.75) is 45.8 Å². The third-order valence-corrected chi connectivity index (χ3v) is 7.36. The minimum Gasteiger partial charge on any atom is -0.478 e. The Hall–Kier alpha value is -4.11.